The molecule has 0 saturated carbocycles. The van der Waals surface area contributed by atoms with E-state index in [2.05, 4.69) is 50.6 Å². The van der Waals surface area contributed by atoms with Gasteiger partial charge in [-0.05, 0) is 42.0 Å². The van der Waals surface area contributed by atoms with Crippen molar-refractivity contribution < 1.29 is 9.59 Å². The second kappa shape index (κ2) is 12.9. The molecule has 3 aromatic carbocycles. The molecule has 39 heavy (non-hydrogen) atoms. The number of aromatic nitrogens is 3. The minimum Gasteiger partial charge on any atom is -0.341 e. The number of benzene rings is 3. The minimum absolute atomic E-state index is 0.157. The van der Waals surface area contributed by atoms with Crippen LogP contribution in [0.3, 0.4) is 0 Å². The van der Waals surface area contributed by atoms with Crippen LogP contribution in [0.25, 0.3) is 22.0 Å². The van der Waals surface area contributed by atoms with Crippen molar-refractivity contribution in [1.82, 2.24) is 20.3 Å². The van der Waals surface area contributed by atoms with Gasteiger partial charge in [-0.25, -0.2) is 4.98 Å². The average Bonchev–Trinajstić information content (AvgIpc) is 3.69. The van der Waals surface area contributed by atoms with Crippen molar-refractivity contribution in [2.45, 2.75) is 43.0 Å². The fourth-order valence-electron chi connectivity index (χ4n) is 4.67. The van der Waals surface area contributed by atoms with Gasteiger partial charge in [0.1, 0.15) is 10.7 Å². The Morgan fingerprint density at radius 1 is 0.974 bits per heavy atom. The summed E-state index contributed by atoms with van der Waals surface area (Å²) in [6.07, 6.45) is 9.18. The topological polar surface area (TPSA) is 87.7 Å². The summed E-state index contributed by atoms with van der Waals surface area (Å²) < 4.78 is 0. The van der Waals surface area contributed by atoms with Crippen LogP contribution >= 0.6 is 23.1 Å². The van der Waals surface area contributed by atoms with E-state index in [1.165, 1.54) is 16.7 Å². The van der Waals surface area contributed by atoms with Crippen molar-refractivity contribution in [3.8, 4) is 11.3 Å². The van der Waals surface area contributed by atoms with E-state index in [4.69, 9.17) is 0 Å². The maximum Gasteiger partial charge on any atom is 0.263 e. The van der Waals surface area contributed by atoms with Crippen molar-refractivity contribution in [1.29, 1.82) is 0 Å². The summed E-state index contributed by atoms with van der Waals surface area (Å²) in [5.41, 5.74) is 4.41. The monoisotopic (exact) mass is 554 g/mol. The van der Waals surface area contributed by atoms with Crippen LogP contribution in [0.5, 0.6) is 0 Å². The Bertz CT molecular complexity index is 1560. The second-order valence-electron chi connectivity index (χ2n) is 9.36. The van der Waals surface area contributed by atoms with Gasteiger partial charge in [0.05, 0.1) is 29.6 Å². The van der Waals surface area contributed by atoms with E-state index < -0.39 is 0 Å². The summed E-state index contributed by atoms with van der Waals surface area (Å²) in [4.78, 5) is 39.3. The third-order valence-electron chi connectivity index (χ3n) is 6.75. The molecule has 0 bridgehead atoms. The van der Waals surface area contributed by atoms with Crippen molar-refractivity contribution in [2.75, 3.05) is 6.26 Å². The standard InChI is InChI=1S/C31H30N4O2S2/c1-38-28-14-8-7-11-24(28)27(36)13-4-2-3-12-25(35-31(37)29-19-32-20-39-29)30-33-18-26(34-30)23-16-15-21-9-5-6-10-22(21)17-23/h5-11,14-20,25H,2-4,12-13H2,1H3,(H,33,34)(H,35,37)/t25-/m0/s1. The second-order valence-corrected chi connectivity index (χ2v) is 11.1. The van der Waals surface area contributed by atoms with E-state index in [9.17, 15) is 9.59 Å². The number of thioether (sulfide) groups is 1. The zero-order valence-corrected chi connectivity index (χ0v) is 23.4. The number of fused-ring (bicyclic) bond motifs is 1. The fraction of sp³-hybridized carbons (Fsp3) is 0.226. The number of thiazole rings is 1. The largest absolute Gasteiger partial charge is 0.341 e. The quantitative estimate of drug-likeness (QED) is 0.0937. The number of amides is 1. The SMILES string of the molecule is CSc1ccccc1C(=O)CCCCC[C@H](NC(=O)c1cncs1)c1ncc(-c2ccc3ccccc3c2)[nH]1. The van der Waals surface area contributed by atoms with Gasteiger partial charge in [-0.2, -0.15) is 0 Å². The van der Waals surface area contributed by atoms with Crippen LogP contribution < -0.4 is 5.32 Å². The van der Waals surface area contributed by atoms with E-state index in [0.717, 1.165) is 52.2 Å². The first-order valence-corrected chi connectivity index (χ1v) is 15.1. The lowest BCUT2D eigenvalue weighted by Gasteiger charge is -2.16. The lowest BCUT2D eigenvalue weighted by Crippen LogP contribution is -2.28. The van der Waals surface area contributed by atoms with E-state index >= 15 is 0 Å². The molecule has 0 aliphatic carbocycles. The summed E-state index contributed by atoms with van der Waals surface area (Å²) in [5.74, 6) is 0.747. The third kappa shape index (κ3) is 6.64. The van der Waals surface area contributed by atoms with Gasteiger partial charge in [-0.3, -0.25) is 14.6 Å². The molecule has 2 aromatic heterocycles. The first-order valence-electron chi connectivity index (χ1n) is 13.0. The Labute approximate surface area is 236 Å². The molecule has 1 amide bonds. The molecule has 0 radical (unpaired) electrons. The molecule has 0 unspecified atom stereocenters. The van der Waals surface area contributed by atoms with Gasteiger partial charge < -0.3 is 10.3 Å². The molecule has 5 aromatic rings. The number of unbranched alkanes of at least 4 members (excludes halogenated alkanes) is 2. The summed E-state index contributed by atoms with van der Waals surface area (Å²) in [6.45, 7) is 0. The number of nitrogens with zero attached hydrogens (tertiary/aromatic N) is 2. The Hall–Kier alpha value is -3.75. The summed E-state index contributed by atoms with van der Waals surface area (Å²) in [5, 5.41) is 5.49. The summed E-state index contributed by atoms with van der Waals surface area (Å²) >= 11 is 2.91. The van der Waals surface area contributed by atoms with E-state index in [0.29, 0.717) is 17.7 Å². The molecule has 5 rings (SSSR count). The molecule has 8 heteroatoms. The van der Waals surface area contributed by atoms with Crippen molar-refractivity contribution in [3.05, 3.63) is 101 Å². The van der Waals surface area contributed by atoms with Crippen LogP contribution in [-0.4, -0.2) is 32.9 Å². The Balaban J connectivity index is 1.24. The number of hydrogen-bond donors (Lipinski definition) is 2. The van der Waals surface area contributed by atoms with Crippen molar-refractivity contribution in [3.63, 3.8) is 0 Å². The van der Waals surface area contributed by atoms with Gasteiger partial charge in [0.2, 0.25) is 0 Å². The highest BCUT2D eigenvalue weighted by Crippen LogP contribution is 2.27. The number of nitrogens with one attached hydrogen (secondary N) is 2. The number of hydrogen-bond acceptors (Lipinski definition) is 6. The normalized spacial score (nSPS) is 11.9. The molecular formula is C31H30N4O2S2. The highest BCUT2D eigenvalue weighted by Gasteiger charge is 2.20. The molecule has 198 valence electrons. The zero-order chi connectivity index (χ0) is 27.0. The summed E-state index contributed by atoms with van der Waals surface area (Å²) in [6, 6.07) is 22.1. The van der Waals surface area contributed by atoms with E-state index in [1.807, 2.05) is 48.9 Å². The molecule has 0 spiro atoms. The predicted octanol–water partition coefficient (Wildman–Crippen LogP) is 7.71. The molecule has 0 aliphatic heterocycles. The number of rotatable bonds is 12. The zero-order valence-electron chi connectivity index (χ0n) is 21.7. The van der Waals surface area contributed by atoms with Crippen LogP contribution in [0, 0.1) is 0 Å². The van der Waals surface area contributed by atoms with Crippen molar-refractivity contribution >= 4 is 45.6 Å². The van der Waals surface area contributed by atoms with Gasteiger partial charge in [-0.15, -0.1) is 23.1 Å². The molecule has 6 nitrogen and oxygen atoms in total. The molecule has 0 saturated heterocycles. The summed E-state index contributed by atoms with van der Waals surface area (Å²) in [7, 11) is 0. The average molecular weight is 555 g/mol. The van der Waals surface area contributed by atoms with Crippen molar-refractivity contribution in [2.24, 2.45) is 0 Å². The fourth-order valence-corrected chi connectivity index (χ4v) is 5.81. The molecule has 0 aliphatic rings. The molecule has 1 atom stereocenters. The van der Waals surface area contributed by atoms with Gasteiger partial charge in [-0.1, -0.05) is 67.4 Å². The first kappa shape index (κ1) is 26.8. The van der Waals surface area contributed by atoms with Crippen LogP contribution in [0.2, 0.25) is 0 Å². The lowest BCUT2D eigenvalue weighted by atomic mass is 10.0. The lowest BCUT2D eigenvalue weighted by molar-refractivity contribution is 0.0935. The number of H-pyrrole nitrogens is 1. The maximum atomic E-state index is 12.9. The molecule has 2 N–H and O–H groups in total. The number of aromatic amines is 1. The van der Waals surface area contributed by atoms with Crippen LogP contribution in [0.1, 0.15) is 64.0 Å². The number of Topliss-reactive ketones (excluding diaryl/α,β-unsaturated/α-hetero) is 1. The Morgan fingerprint density at radius 2 is 1.79 bits per heavy atom. The first-order chi connectivity index (χ1) is 19.1. The third-order valence-corrected chi connectivity index (χ3v) is 8.32. The van der Waals surface area contributed by atoms with Gasteiger partial charge >= 0.3 is 0 Å². The van der Waals surface area contributed by atoms with E-state index in [1.54, 1.807) is 23.5 Å². The highest BCUT2D eigenvalue weighted by atomic mass is 32.2. The number of imidazole rings is 1. The predicted molar refractivity (Wildman–Crippen MR) is 159 cm³/mol. The van der Waals surface area contributed by atoms with Gasteiger partial charge in [0.15, 0.2) is 5.78 Å². The van der Waals surface area contributed by atoms with Crippen LogP contribution in [0.4, 0.5) is 0 Å². The minimum atomic E-state index is -0.276. The molecule has 2 heterocycles. The smallest absolute Gasteiger partial charge is 0.263 e. The molecule has 0 fully saturated rings. The van der Waals surface area contributed by atoms with Gasteiger partial charge in [0.25, 0.3) is 5.91 Å². The Kier molecular flexibility index (Phi) is 8.85. The van der Waals surface area contributed by atoms with Gasteiger partial charge in [0, 0.05) is 22.4 Å². The number of carbonyl (C=O) groups excluding carboxylic acids is 2. The maximum absolute atomic E-state index is 12.9. The van der Waals surface area contributed by atoms with E-state index in [-0.39, 0.29) is 17.7 Å². The Morgan fingerprint density at radius 3 is 2.62 bits per heavy atom. The van der Waals surface area contributed by atoms with Crippen LogP contribution in [0.15, 0.2) is 89.5 Å². The molecular weight excluding hydrogens is 525 g/mol. The highest BCUT2D eigenvalue weighted by molar-refractivity contribution is 7.98. The number of ketones is 1. The van der Waals surface area contributed by atoms with Crippen LogP contribution in [-0.2, 0) is 0 Å². The number of carbonyl (C=O) groups is 2.